The third-order valence-corrected chi connectivity index (χ3v) is 9.89. The van der Waals surface area contributed by atoms with Gasteiger partial charge in [0.1, 0.15) is 23.0 Å². The monoisotopic (exact) mass is 625 g/mol. The van der Waals surface area contributed by atoms with E-state index in [9.17, 15) is 14.7 Å². The number of carbonyl (C=O) groups excluding carboxylic acids is 1. The molecule has 46 heavy (non-hydrogen) atoms. The highest BCUT2D eigenvalue weighted by molar-refractivity contribution is 6.07. The number of anilines is 4. The lowest BCUT2D eigenvalue weighted by atomic mass is 9.97. The van der Waals surface area contributed by atoms with Crippen molar-refractivity contribution >= 4 is 28.8 Å². The van der Waals surface area contributed by atoms with Gasteiger partial charge < -0.3 is 34.3 Å². The average Bonchev–Trinajstić information content (AvgIpc) is 3.44. The van der Waals surface area contributed by atoms with Crippen molar-refractivity contribution in [1.82, 2.24) is 19.0 Å². The Morgan fingerprint density at radius 3 is 2.61 bits per heavy atom. The van der Waals surface area contributed by atoms with Gasteiger partial charge in [0.25, 0.3) is 11.5 Å². The summed E-state index contributed by atoms with van der Waals surface area (Å²) in [6.45, 7) is 5.58. The highest BCUT2D eigenvalue weighted by Gasteiger charge is 2.32. The molecule has 0 saturated carbocycles. The second-order valence-electron chi connectivity index (χ2n) is 12.8. The van der Waals surface area contributed by atoms with Crippen molar-refractivity contribution in [3.63, 3.8) is 0 Å². The summed E-state index contributed by atoms with van der Waals surface area (Å²) < 4.78 is 18.9. The molecule has 11 heteroatoms. The second kappa shape index (κ2) is 12.0. The molecule has 2 N–H and O–H groups in total. The topological polar surface area (TPSA) is 98.9 Å². The number of aryl methyl sites for hydroxylation is 2. The number of amides is 1. The number of hydrogen-bond acceptors (Lipinski definition) is 7. The van der Waals surface area contributed by atoms with Gasteiger partial charge in [-0.15, -0.1) is 0 Å². The molecule has 1 aromatic carbocycles. The highest BCUT2D eigenvalue weighted by Crippen LogP contribution is 2.37. The number of nitrogens with zero attached hydrogens (tertiary/aromatic N) is 6. The summed E-state index contributed by atoms with van der Waals surface area (Å²) in [6, 6.07) is 10.6. The van der Waals surface area contributed by atoms with Crippen LogP contribution in [0.15, 0.2) is 53.6 Å². The molecule has 10 nitrogen and oxygen atoms in total. The van der Waals surface area contributed by atoms with Gasteiger partial charge in [-0.1, -0.05) is 0 Å². The molecule has 4 aromatic rings. The summed E-state index contributed by atoms with van der Waals surface area (Å²) in [5.41, 5.74) is 5.79. The fraction of sp³-hybridized carbons (Fsp3) is 0.400. The summed E-state index contributed by atoms with van der Waals surface area (Å²) >= 11 is 0. The molecule has 3 aliphatic rings. The van der Waals surface area contributed by atoms with E-state index in [-0.39, 0.29) is 17.2 Å². The molecular weight excluding hydrogens is 585 g/mol. The van der Waals surface area contributed by atoms with Crippen LogP contribution in [-0.4, -0.2) is 69.3 Å². The molecule has 0 spiro atoms. The lowest BCUT2D eigenvalue weighted by Crippen LogP contribution is -2.50. The molecule has 7 rings (SSSR count). The number of carbonyl (C=O) groups is 1. The van der Waals surface area contributed by atoms with Gasteiger partial charge in [-0.3, -0.25) is 9.59 Å². The van der Waals surface area contributed by atoms with Crippen LogP contribution in [0.1, 0.15) is 47.1 Å². The Morgan fingerprint density at radius 2 is 1.85 bits per heavy atom. The van der Waals surface area contributed by atoms with Crippen LogP contribution in [0.4, 0.5) is 27.3 Å². The lowest BCUT2D eigenvalue weighted by Gasteiger charge is -2.38. The number of pyridine rings is 2. The Kier molecular flexibility index (Phi) is 7.90. The van der Waals surface area contributed by atoms with Crippen LogP contribution in [0.2, 0.25) is 0 Å². The van der Waals surface area contributed by atoms with Gasteiger partial charge in [0.05, 0.1) is 24.2 Å². The lowest BCUT2D eigenvalue weighted by molar-refractivity contribution is 0.0964. The predicted molar refractivity (Wildman–Crippen MR) is 178 cm³/mol. The summed E-state index contributed by atoms with van der Waals surface area (Å²) in [5.74, 6) is -0.225. The maximum atomic E-state index is 15.3. The van der Waals surface area contributed by atoms with E-state index in [4.69, 9.17) is 0 Å². The van der Waals surface area contributed by atoms with E-state index < -0.39 is 12.4 Å². The fourth-order valence-corrected chi connectivity index (χ4v) is 7.17. The number of aromatic nitrogens is 3. The third kappa shape index (κ3) is 5.37. The number of benzene rings is 1. The molecule has 0 radical (unpaired) electrons. The zero-order valence-electron chi connectivity index (χ0n) is 26.6. The van der Waals surface area contributed by atoms with Crippen LogP contribution in [0.5, 0.6) is 0 Å². The number of halogens is 1. The first kappa shape index (κ1) is 30.2. The zero-order chi connectivity index (χ0) is 32.1. The van der Waals surface area contributed by atoms with E-state index in [1.54, 1.807) is 30.4 Å². The number of aliphatic hydroxyl groups is 1. The maximum absolute atomic E-state index is 15.3. The van der Waals surface area contributed by atoms with Crippen LogP contribution in [0, 0.1) is 5.82 Å². The van der Waals surface area contributed by atoms with Gasteiger partial charge in [-0.05, 0) is 87.2 Å². The zero-order valence-corrected chi connectivity index (χ0v) is 26.6. The Balaban J connectivity index is 1.20. The Morgan fingerprint density at radius 1 is 1.02 bits per heavy atom. The molecule has 2 aliphatic heterocycles. The molecule has 3 aromatic heterocycles. The molecule has 1 aliphatic carbocycles. The number of likely N-dealkylation sites (N-methyl/N-ethyl adjacent to an activating group) is 1. The van der Waals surface area contributed by atoms with E-state index in [2.05, 4.69) is 38.6 Å². The maximum Gasteiger partial charge on any atom is 0.274 e. The van der Waals surface area contributed by atoms with E-state index in [1.165, 1.54) is 28.0 Å². The summed E-state index contributed by atoms with van der Waals surface area (Å²) in [5, 5.41) is 13.8. The minimum atomic E-state index is -0.533. The smallest absolute Gasteiger partial charge is 0.274 e. The van der Waals surface area contributed by atoms with Crippen LogP contribution in [0.3, 0.4) is 0 Å². The van der Waals surface area contributed by atoms with Crippen LogP contribution in [0.25, 0.3) is 11.1 Å². The average molecular weight is 626 g/mol. The van der Waals surface area contributed by atoms with Crippen LogP contribution >= 0.6 is 0 Å². The molecule has 1 amide bonds. The molecule has 1 unspecified atom stereocenters. The van der Waals surface area contributed by atoms with E-state index in [0.717, 1.165) is 51.0 Å². The SMILES string of the molecule is CC1CN(c2ccc(Nc3cc(-c4cc(F)cc(N5CCn6c(cc7c6CCCC7)C5=O)c4CO)cn(C)c3=O)nc2)CCN1C. The first-order valence-corrected chi connectivity index (χ1v) is 16.1. The van der Waals surface area contributed by atoms with Crippen LogP contribution < -0.4 is 20.7 Å². The van der Waals surface area contributed by atoms with Crippen molar-refractivity contribution in [2.45, 2.75) is 51.8 Å². The van der Waals surface area contributed by atoms with Crippen molar-refractivity contribution in [3.05, 3.63) is 87.5 Å². The normalized spacial score (nSPS) is 18.5. The molecule has 1 fully saturated rings. The number of aliphatic hydroxyl groups excluding tert-OH is 1. The molecule has 0 bridgehead atoms. The second-order valence-corrected chi connectivity index (χ2v) is 12.8. The standard InChI is InChI=1S/C35H40FN7O3/c1-22-19-41(11-10-39(22)2)26-8-9-33(37-18-26)38-29-14-24(20-40(3)34(29)45)27-16-25(36)17-31(28(27)21-44)43-13-12-42-30-7-5-4-6-23(30)15-32(42)35(43)46/h8-9,14-18,20,22,44H,4-7,10-13,19,21H2,1-3H3,(H,37,38). The number of hydrogen-bond donors (Lipinski definition) is 2. The molecule has 240 valence electrons. The van der Waals surface area contributed by atoms with Crippen molar-refractivity contribution < 1.29 is 14.3 Å². The number of fused-ring (bicyclic) bond motifs is 3. The Labute approximate surface area is 267 Å². The quantitative estimate of drug-likeness (QED) is 0.330. The number of rotatable bonds is 6. The van der Waals surface area contributed by atoms with E-state index in [0.29, 0.717) is 53.0 Å². The molecule has 1 atom stereocenters. The van der Waals surface area contributed by atoms with E-state index >= 15 is 4.39 Å². The van der Waals surface area contributed by atoms with Gasteiger partial charge >= 0.3 is 0 Å². The van der Waals surface area contributed by atoms with Crippen molar-refractivity contribution in [2.75, 3.05) is 48.3 Å². The van der Waals surface area contributed by atoms with Gasteiger partial charge in [0.15, 0.2) is 0 Å². The van der Waals surface area contributed by atoms with E-state index in [1.807, 2.05) is 18.2 Å². The number of nitrogens with one attached hydrogen (secondary N) is 1. The molecular formula is C35H40FN7O3. The Hall–Kier alpha value is -4.48. The number of piperazine rings is 1. The first-order chi connectivity index (χ1) is 22.2. The van der Waals surface area contributed by atoms with Crippen molar-refractivity contribution in [1.29, 1.82) is 0 Å². The minimum Gasteiger partial charge on any atom is -0.392 e. The predicted octanol–water partition coefficient (Wildman–Crippen LogP) is 4.30. The summed E-state index contributed by atoms with van der Waals surface area (Å²) in [6.07, 6.45) is 7.58. The first-order valence-electron chi connectivity index (χ1n) is 16.1. The van der Waals surface area contributed by atoms with Crippen LogP contribution in [-0.2, 0) is 33.0 Å². The molecule has 5 heterocycles. The van der Waals surface area contributed by atoms with Gasteiger partial charge in [0.2, 0.25) is 0 Å². The van der Waals surface area contributed by atoms with Gasteiger partial charge in [-0.25, -0.2) is 9.37 Å². The summed E-state index contributed by atoms with van der Waals surface area (Å²) in [7, 11) is 3.76. The Bertz CT molecular complexity index is 1870. The van der Waals surface area contributed by atoms with Crippen molar-refractivity contribution in [3.8, 4) is 11.1 Å². The van der Waals surface area contributed by atoms with Gasteiger partial charge in [-0.2, -0.15) is 0 Å². The fourth-order valence-electron chi connectivity index (χ4n) is 7.17. The van der Waals surface area contributed by atoms with Gasteiger partial charge in [0, 0.05) is 68.8 Å². The molecule has 1 saturated heterocycles. The third-order valence-electron chi connectivity index (χ3n) is 9.89. The largest absolute Gasteiger partial charge is 0.392 e. The highest BCUT2D eigenvalue weighted by atomic mass is 19.1. The summed E-state index contributed by atoms with van der Waals surface area (Å²) in [4.78, 5) is 37.8. The van der Waals surface area contributed by atoms with Crippen molar-refractivity contribution in [2.24, 2.45) is 7.05 Å². The minimum absolute atomic E-state index is 0.199.